The van der Waals surface area contributed by atoms with Crippen molar-refractivity contribution in [1.29, 1.82) is 0 Å². The number of rotatable bonds is 14. The summed E-state index contributed by atoms with van der Waals surface area (Å²) >= 11 is 0. The molecule has 0 saturated carbocycles. The summed E-state index contributed by atoms with van der Waals surface area (Å²) in [7, 11) is 0. The maximum absolute atomic E-state index is 12.9. The van der Waals surface area contributed by atoms with Crippen molar-refractivity contribution in [3.8, 4) is 0 Å². The Kier molecular flexibility index (Phi) is 13.1. The fourth-order valence-electron chi connectivity index (χ4n) is 3.52. The Morgan fingerprint density at radius 2 is 1.37 bits per heavy atom. The molecule has 4 heteroatoms. The van der Waals surface area contributed by atoms with Gasteiger partial charge in [0.2, 0.25) is 0 Å². The van der Waals surface area contributed by atoms with E-state index in [1.807, 2.05) is 19.1 Å². The summed E-state index contributed by atoms with van der Waals surface area (Å²) in [6.07, 6.45) is 15.9. The van der Waals surface area contributed by atoms with Crippen LogP contribution in [0.2, 0.25) is 0 Å². The second-order valence-corrected chi connectivity index (χ2v) is 8.43. The molecule has 30 heavy (non-hydrogen) atoms. The van der Waals surface area contributed by atoms with Crippen LogP contribution in [0.15, 0.2) is 35.5 Å². The molecular formula is C26H42O4. The number of carbonyl (C=O) groups excluding carboxylic acids is 2. The molecule has 0 aromatic rings. The fourth-order valence-corrected chi connectivity index (χ4v) is 3.52. The maximum atomic E-state index is 12.9. The molecular weight excluding hydrogens is 376 g/mol. The van der Waals surface area contributed by atoms with Gasteiger partial charge >= 0.3 is 11.9 Å². The Morgan fingerprint density at radius 3 is 1.83 bits per heavy atom. The quantitative estimate of drug-likeness (QED) is 0.300. The van der Waals surface area contributed by atoms with Gasteiger partial charge in [-0.05, 0) is 36.7 Å². The third kappa shape index (κ3) is 9.32. The third-order valence-corrected chi connectivity index (χ3v) is 5.82. The Labute approximate surface area is 183 Å². The minimum Gasteiger partial charge on any atom is -0.462 e. The zero-order valence-electron chi connectivity index (χ0n) is 19.7. The summed E-state index contributed by atoms with van der Waals surface area (Å²) < 4.78 is 11.2. The minimum atomic E-state index is -0.440. The first kappa shape index (κ1) is 26.2. The SMILES string of the molecule is CCCCC(CC)COC(=O)C1=CC=CC(C)C=C1C(=O)OCC(CC)CCCC. The molecule has 0 aliphatic heterocycles. The lowest BCUT2D eigenvalue weighted by atomic mass is 9.99. The van der Waals surface area contributed by atoms with E-state index < -0.39 is 11.9 Å². The Bertz CT molecular complexity index is 615. The van der Waals surface area contributed by atoms with Crippen LogP contribution in [0.1, 0.15) is 86.0 Å². The van der Waals surface area contributed by atoms with Crippen LogP contribution in [0.4, 0.5) is 0 Å². The van der Waals surface area contributed by atoms with Gasteiger partial charge in [-0.2, -0.15) is 0 Å². The first-order valence-corrected chi connectivity index (χ1v) is 11.9. The van der Waals surface area contributed by atoms with Crippen LogP contribution in [0.25, 0.3) is 0 Å². The van der Waals surface area contributed by atoms with Crippen LogP contribution in [-0.2, 0) is 19.1 Å². The minimum absolute atomic E-state index is 0.0455. The van der Waals surface area contributed by atoms with Crippen LogP contribution in [0.3, 0.4) is 0 Å². The fraction of sp³-hybridized carbons (Fsp3) is 0.692. The van der Waals surface area contributed by atoms with E-state index in [1.54, 1.807) is 12.2 Å². The van der Waals surface area contributed by atoms with Crippen LogP contribution < -0.4 is 0 Å². The predicted molar refractivity (Wildman–Crippen MR) is 123 cm³/mol. The van der Waals surface area contributed by atoms with E-state index >= 15 is 0 Å². The highest BCUT2D eigenvalue weighted by atomic mass is 16.5. The molecule has 0 amide bonds. The van der Waals surface area contributed by atoms with Gasteiger partial charge in [-0.1, -0.05) is 91.4 Å². The predicted octanol–water partition coefficient (Wildman–Crippen LogP) is 6.56. The van der Waals surface area contributed by atoms with Gasteiger partial charge < -0.3 is 9.47 Å². The number of allylic oxidation sites excluding steroid dienone is 4. The summed E-state index contributed by atoms with van der Waals surface area (Å²) in [5, 5.41) is 0. The van der Waals surface area contributed by atoms with Crippen molar-refractivity contribution in [2.45, 2.75) is 86.0 Å². The van der Waals surface area contributed by atoms with E-state index in [-0.39, 0.29) is 5.92 Å². The van der Waals surface area contributed by atoms with Crippen molar-refractivity contribution in [2.24, 2.45) is 17.8 Å². The number of esters is 2. The number of carbonyl (C=O) groups is 2. The monoisotopic (exact) mass is 418 g/mol. The summed E-state index contributed by atoms with van der Waals surface area (Å²) in [5.41, 5.74) is 0.622. The molecule has 1 aliphatic carbocycles. The lowest BCUT2D eigenvalue weighted by Crippen LogP contribution is -2.21. The van der Waals surface area contributed by atoms with Crippen LogP contribution in [0, 0.1) is 17.8 Å². The second-order valence-electron chi connectivity index (χ2n) is 8.43. The van der Waals surface area contributed by atoms with Gasteiger partial charge in [-0.25, -0.2) is 9.59 Å². The van der Waals surface area contributed by atoms with Gasteiger partial charge in [0.1, 0.15) is 0 Å². The Balaban J connectivity index is 2.80. The molecule has 0 saturated heterocycles. The molecule has 0 bridgehead atoms. The summed E-state index contributed by atoms with van der Waals surface area (Å²) in [5.74, 6) is -0.104. The zero-order valence-corrected chi connectivity index (χ0v) is 19.7. The molecule has 0 fully saturated rings. The zero-order chi connectivity index (χ0) is 22.4. The largest absolute Gasteiger partial charge is 0.462 e. The van der Waals surface area contributed by atoms with Crippen molar-refractivity contribution < 1.29 is 19.1 Å². The highest BCUT2D eigenvalue weighted by molar-refractivity contribution is 6.07. The van der Waals surface area contributed by atoms with Crippen LogP contribution in [-0.4, -0.2) is 25.2 Å². The molecule has 4 nitrogen and oxygen atoms in total. The van der Waals surface area contributed by atoms with Gasteiger partial charge in [-0.15, -0.1) is 0 Å². The average molecular weight is 419 g/mol. The Hall–Kier alpha value is -1.84. The lowest BCUT2D eigenvalue weighted by molar-refractivity contribution is -0.144. The summed E-state index contributed by atoms with van der Waals surface area (Å²) in [4.78, 5) is 25.7. The summed E-state index contributed by atoms with van der Waals surface area (Å²) in [6, 6.07) is 0. The number of hydrogen-bond acceptors (Lipinski definition) is 4. The average Bonchev–Trinajstić information content (AvgIpc) is 2.95. The van der Waals surface area contributed by atoms with Crippen LogP contribution in [0.5, 0.6) is 0 Å². The van der Waals surface area contributed by atoms with E-state index in [9.17, 15) is 9.59 Å². The van der Waals surface area contributed by atoms with Crippen LogP contribution >= 0.6 is 0 Å². The smallest absolute Gasteiger partial charge is 0.339 e. The normalized spacial score (nSPS) is 18.1. The maximum Gasteiger partial charge on any atom is 0.339 e. The van der Waals surface area contributed by atoms with Crippen molar-refractivity contribution in [3.63, 3.8) is 0 Å². The van der Waals surface area contributed by atoms with Gasteiger partial charge in [0, 0.05) is 0 Å². The van der Waals surface area contributed by atoms with E-state index in [1.165, 1.54) is 0 Å². The Morgan fingerprint density at radius 1 is 0.867 bits per heavy atom. The van der Waals surface area contributed by atoms with Crippen molar-refractivity contribution in [3.05, 3.63) is 35.5 Å². The van der Waals surface area contributed by atoms with Gasteiger partial charge in [0.05, 0.1) is 24.4 Å². The topological polar surface area (TPSA) is 52.6 Å². The highest BCUT2D eigenvalue weighted by Crippen LogP contribution is 2.23. The van der Waals surface area contributed by atoms with Gasteiger partial charge in [0.25, 0.3) is 0 Å². The number of hydrogen-bond donors (Lipinski definition) is 0. The molecule has 0 aromatic carbocycles. The third-order valence-electron chi connectivity index (χ3n) is 5.82. The van der Waals surface area contributed by atoms with E-state index in [2.05, 4.69) is 27.7 Å². The lowest BCUT2D eigenvalue weighted by Gasteiger charge is -2.18. The molecule has 1 aliphatic rings. The van der Waals surface area contributed by atoms with Crippen molar-refractivity contribution in [1.82, 2.24) is 0 Å². The van der Waals surface area contributed by atoms with E-state index in [0.717, 1.165) is 51.4 Å². The first-order chi connectivity index (χ1) is 14.5. The molecule has 0 N–H and O–H groups in total. The molecule has 3 atom stereocenters. The van der Waals surface area contributed by atoms with Crippen molar-refractivity contribution in [2.75, 3.05) is 13.2 Å². The number of unbranched alkanes of at least 4 members (excludes halogenated alkanes) is 2. The molecule has 3 unspecified atom stereocenters. The van der Waals surface area contributed by atoms with E-state index in [4.69, 9.17) is 9.47 Å². The summed E-state index contributed by atoms with van der Waals surface area (Å²) in [6.45, 7) is 11.3. The van der Waals surface area contributed by atoms with Gasteiger partial charge in [-0.3, -0.25) is 0 Å². The molecule has 0 radical (unpaired) electrons. The first-order valence-electron chi connectivity index (χ1n) is 11.9. The molecule has 170 valence electrons. The molecule has 0 aromatic heterocycles. The molecule has 0 heterocycles. The molecule has 0 spiro atoms. The van der Waals surface area contributed by atoms with Gasteiger partial charge in [0.15, 0.2) is 0 Å². The number of ether oxygens (including phenoxy) is 2. The van der Waals surface area contributed by atoms with Crippen molar-refractivity contribution >= 4 is 11.9 Å². The molecule has 1 rings (SSSR count). The van der Waals surface area contributed by atoms with E-state index in [0.29, 0.717) is 36.2 Å². The standard InChI is InChI=1S/C26H42O4/c1-6-10-14-21(8-3)18-29-25(27)23-16-12-13-20(5)17-24(23)26(28)30-19-22(9-4)15-11-7-2/h12-13,16-17,20-22H,6-11,14-15,18-19H2,1-5H3. The highest BCUT2D eigenvalue weighted by Gasteiger charge is 2.26. The second kappa shape index (κ2) is 15.0.